The summed E-state index contributed by atoms with van der Waals surface area (Å²) in [7, 11) is 0. The van der Waals surface area contributed by atoms with Crippen LogP contribution in [0.4, 0.5) is 4.39 Å². The van der Waals surface area contributed by atoms with E-state index >= 15 is 0 Å². The highest BCUT2D eigenvalue weighted by atomic mass is 35.5. The molecule has 5 heteroatoms. The van der Waals surface area contributed by atoms with Crippen molar-refractivity contribution in [3.05, 3.63) is 76.2 Å². The van der Waals surface area contributed by atoms with E-state index in [1.54, 1.807) is 12.1 Å². The summed E-state index contributed by atoms with van der Waals surface area (Å²) in [6, 6.07) is 14.4. The van der Waals surface area contributed by atoms with Crippen molar-refractivity contribution in [1.29, 1.82) is 0 Å². The SMILES string of the molecule is Fc1ccc(-c2nn(Cc3ccc(Cl)cc3)c3c2CNCC3)cc1. The smallest absolute Gasteiger partial charge is 0.123 e. The molecule has 4 rings (SSSR count). The summed E-state index contributed by atoms with van der Waals surface area (Å²) in [4.78, 5) is 0. The molecule has 1 aromatic heterocycles. The summed E-state index contributed by atoms with van der Waals surface area (Å²) in [5, 5.41) is 8.97. The number of hydrogen-bond acceptors (Lipinski definition) is 2. The third-order valence-electron chi connectivity index (χ3n) is 4.37. The molecule has 3 aromatic rings. The molecular weight excluding hydrogens is 325 g/mol. The zero-order chi connectivity index (χ0) is 16.5. The molecule has 2 heterocycles. The summed E-state index contributed by atoms with van der Waals surface area (Å²) in [5.41, 5.74) is 5.51. The minimum absolute atomic E-state index is 0.230. The van der Waals surface area contributed by atoms with Crippen molar-refractivity contribution >= 4 is 11.6 Å². The summed E-state index contributed by atoms with van der Waals surface area (Å²) in [6.45, 7) is 2.45. The van der Waals surface area contributed by atoms with Crippen molar-refractivity contribution in [2.24, 2.45) is 0 Å². The molecule has 0 bridgehead atoms. The Labute approximate surface area is 145 Å². The first-order chi connectivity index (χ1) is 11.7. The Bertz CT molecular complexity index is 854. The number of hydrogen-bond donors (Lipinski definition) is 1. The minimum Gasteiger partial charge on any atom is -0.312 e. The lowest BCUT2D eigenvalue weighted by atomic mass is 10.0. The molecule has 0 spiro atoms. The maximum atomic E-state index is 13.2. The second-order valence-electron chi connectivity index (χ2n) is 5.99. The molecule has 122 valence electrons. The van der Waals surface area contributed by atoms with Crippen molar-refractivity contribution in [3.63, 3.8) is 0 Å². The monoisotopic (exact) mass is 341 g/mol. The third kappa shape index (κ3) is 2.95. The first-order valence-corrected chi connectivity index (χ1v) is 8.38. The Morgan fingerprint density at radius 1 is 1.08 bits per heavy atom. The molecular formula is C19H17ClFN3. The maximum absolute atomic E-state index is 13.2. The zero-order valence-corrected chi connectivity index (χ0v) is 13.9. The molecule has 0 amide bonds. The lowest BCUT2D eigenvalue weighted by Gasteiger charge is -2.16. The average molecular weight is 342 g/mol. The number of aromatic nitrogens is 2. The molecule has 24 heavy (non-hydrogen) atoms. The van der Waals surface area contributed by atoms with Crippen LogP contribution < -0.4 is 5.32 Å². The minimum atomic E-state index is -0.230. The van der Waals surface area contributed by atoms with Crippen molar-refractivity contribution in [2.75, 3.05) is 6.54 Å². The topological polar surface area (TPSA) is 29.9 Å². The quantitative estimate of drug-likeness (QED) is 0.779. The van der Waals surface area contributed by atoms with Crippen LogP contribution in [-0.2, 0) is 19.5 Å². The highest BCUT2D eigenvalue weighted by Gasteiger charge is 2.21. The predicted molar refractivity (Wildman–Crippen MR) is 93.6 cm³/mol. The Hall–Kier alpha value is -2.17. The van der Waals surface area contributed by atoms with Crippen molar-refractivity contribution in [1.82, 2.24) is 15.1 Å². The number of nitrogens with zero attached hydrogens (tertiary/aromatic N) is 2. The lowest BCUT2D eigenvalue weighted by molar-refractivity contribution is 0.582. The fourth-order valence-corrected chi connectivity index (χ4v) is 3.28. The van der Waals surface area contributed by atoms with Crippen LogP contribution >= 0.6 is 11.6 Å². The van der Waals surface area contributed by atoms with Crippen LogP contribution in [0.15, 0.2) is 48.5 Å². The van der Waals surface area contributed by atoms with Gasteiger partial charge in [0.2, 0.25) is 0 Å². The molecule has 3 nitrogen and oxygen atoms in total. The number of nitrogens with one attached hydrogen (secondary N) is 1. The molecule has 0 atom stereocenters. The van der Waals surface area contributed by atoms with Gasteiger partial charge in [-0.3, -0.25) is 4.68 Å². The molecule has 0 saturated heterocycles. The molecule has 0 aliphatic carbocycles. The van der Waals surface area contributed by atoms with Gasteiger partial charge in [-0.1, -0.05) is 23.7 Å². The Morgan fingerprint density at radius 2 is 1.83 bits per heavy atom. The first-order valence-electron chi connectivity index (χ1n) is 8.00. The van der Waals surface area contributed by atoms with Gasteiger partial charge in [0.1, 0.15) is 5.82 Å². The van der Waals surface area contributed by atoms with Crippen molar-refractivity contribution in [3.8, 4) is 11.3 Å². The van der Waals surface area contributed by atoms with Gasteiger partial charge in [0.25, 0.3) is 0 Å². The van der Waals surface area contributed by atoms with Crippen molar-refractivity contribution in [2.45, 2.75) is 19.5 Å². The highest BCUT2D eigenvalue weighted by Crippen LogP contribution is 2.28. The van der Waals surface area contributed by atoms with E-state index in [4.69, 9.17) is 16.7 Å². The van der Waals surface area contributed by atoms with Gasteiger partial charge in [0.05, 0.1) is 12.2 Å². The van der Waals surface area contributed by atoms with Gasteiger partial charge in [-0.25, -0.2) is 4.39 Å². The van der Waals surface area contributed by atoms with E-state index in [0.29, 0.717) is 6.54 Å². The first kappa shape index (κ1) is 15.4. The van der Waals surface area contributed by atoms with Crippen LogP contribution in [0, 0.1) is 5.82 Å². The van der Waals surface area contributed by atoms with E-state index < -0.39 is 0 Å². The molecule has 1 aliphatic heterocycles. The number of benzene rings is 2. The number of rotatable bonds is 3. The molecule has 1 aliphatic rings. The van der Waals surface area contributed by atoms with Crippen LogP contribution in [0.1, 0.15) is 16.8 Å². The second-order valence-corrected chi connectivity index (χ2v) is 6.43. The maximum Gasteiger partial charge on any atom is 0.123 e. The molecule has 1 N–H and O–H groups in total. The number of fused-ring (bicyclic) bond motifs is 1. The fraction of sp³-hybridized carbons (Fsp3) is 0.211. The van der Waals surface area contributed by atoms with Gasteiger partial charge >= 0.3 is 0 Å². The summed E-state index contributed by atoms with van der Waals surface area (Å²) < 4.78 is 15.3. The van der Waals surface area contributed by atoms with E-state index in [-0.39, 0.29) is 5.82 Å². The Balaban J connectivity index is 1.74. The van der Waals surface area contributed by atoms with Gasteiger partial charge in [-0.2, -0.15) is 5.10 Å². The predicted octanol–water partition coefficient (Wildman–Crippen LogP) is 4.04. The van der Waals surface area contributed by atoms with Gasteiger partial charge in [0, 0.05) is 41.4 Å². The summed E-state index contributed by atoms with van der Waals surface area (Å²) in [5.74, 6) is -0.230. The van der Waals surface area contributed by atoms with Gasteiger partial charge < -0.3 is 5.32 Å². The second kappa shape index (κ2) is 6.38. The van der Waals surface area contributed by atoms with Gasteiger partial charge in [-0.15, -0.1) is 0 Å². The Kier molecular flexibility index (Phi) is 4.08. The third-order valence-corrected chi connectivity index (χ3v) is 4.62. The summed E-state index contributed by atoms with van der Waals surface area (Å²) >= 11 is 5.97. The van der Waals surface area contributed by atoms with Gasteiger partial charge in [-0.05, 0) is 42.0 Å². The van der Waals surface area contributed by atoms with Crippen LogP contribution in [0.2, 0.25) is 5.02 Å². The van der Waals surface area contributed by atoms with E-state index in [1.807, 2.05) is 24.3 Å². The Morgan fingerprint density at radius 3 is 2.58 bits per heavy atom. The normalized spacial score (nSPS) is 13.8. The van der Waals surface area contributed by atoms with E-state index in [2.05, 4.69) is 10.00 Å². The zero-order valence-electron chi connectivity index (χ0n) is 13.1. The number of halogens is 2. The van der Waals surface area contributed by atoms with Crippen LogP contribution in [0.25, 0.3) is 11.3 Å². The largest absolute Gasteiger partial charge is 0.312 e. The van der Waals surface area contributed by atoms with Crippen LogP contribution in [0.3, 0.4) is 0 Å². The lowest BCUT2D eigenvalue weighted by Crippen LogP contribution is -2.25. The fourth-order valence-electron chi connectivity index (χ4n) is 3.15. The standard InChI is InChI=1S/C19H17ClFN3/c20-15-5-1-13(2-6-15)12-24-18-9-10-22-11-17(18)19(23-24)14-3-7-16(21)8-4-14/h1-8,22H,9-12H2. The molecule has 0 unspecified atom stereocenters. The van der Waals surface area contributed by atoms with Crippen molar-refractivity contribution < 1.29 is 4.39 Å². The average Bonchev–Trinajstić information content (AvgIpc) is 2.97. The van der Waals surface area contributed by atoms with Gasteiger partial charge in [0.15, 0.2) is 0 Å². The molecule has 2 aromatic carbocycles. The van der Waals surface area contributed by atoms with E-state index in [0.717, 1.165) is 41.4 Å². The summed E-state index contributed by atoms with van der Waals surface area (Å²) in [6.07, 6.45) is 0.942. The van der Waals surface area contributed by atoms with Crippen LogP contribution in [-0.4, -0.2) is 16.3 Å². The molecule has 0 saturated carbocycles. The van der Waals surface area contributed by atoms with E-state index in [9.17, 15) is 4.39 Å². The highest BCUT2D eigenvalue weighted by molar-refractivity contribution is 6.30. The molecule has 0 fully saturated rings. The molecule has 0 radical (unpaired) electrons. The van der Waals surface area contributed by atoms with Crippen LogP contribution in [0.5, 0.6) is 0 Å². The van der Waals surface area contributed by atoms with E-state index in [1.165, 1.54) is 23.4 Å².